The summed E-state index contributed by atoms with van der Waals surface area (Å²) < 4.78 is 10.8. The summed E-state index contributed by atoms with van der Waals surface area (Å²) in [6.45, 7) is 12.4. The van der Waals surface area contributed by atoms with Gasteiger partial charge in [-0.2, -0.15) is 0 Å². The third-order valence-corrected chi connectivity index (χ3v) is 5.37. The minimum Gasteiger partial charge on any atom is -0.450 e. The predicted molar refractivity (Wildman–Crippen MR) is 116 cm³/mol. The number of carbonyl (C=O) groups is 2. The van der Waals surface area contributed by atoms with Crippen LogP contribution in [0.1, 0.15) is 27.7 Å². The number of anilines is 1. The van der Waals surface area contributed by atoms with Crippen molar-refractivity contribution >= 4 is 17.9 Å². The van der Waals surface area contributed by atoms with Crippen LogP contribution in [0.4, 0.5) is 15.3 Å². The van der Waals surface area contributed by atoms with Crippen molar-refractivity contribution in [1.29, 1.82) is 0 Å². The fraction of sp³-hybridized carbons (Fsp3) is 0.636. The Bertz CT molecular complexity index is 714. The molecule has 1 unspecified atom stereocenters. The van der Waals surface area contributed by atoms with Gasteiger partial charge >= 0.3 is 12.2 Å². The monoisotopic (exact) mass is 418 g/mol. The summed E-state index contributed by atoms with van der Waals surface area (Å²) in [6.07, 6.45) is -0.650. The van der Waals surface area contributed by atoms with Crippen molar-refractivity contribution in [1.82, 2.24) is 14.7 Å². The summed E-state index contributed by atoms with van der Waals surface area (Å²) in [4.78, 5) is 33.1. The van der Waals surface area contributed by atoms with E-state index in [0.717, 1.165) is 12.2 Å². The van der Waals surface area contributed by atoms with Crippen LogP contribution in [0.5, 0.6) is 0 Å². The Kier molecular flexibility index (Phi) is 7.07. The first-order chi connectivity index (χ1) is 14.3. The number of amides is 2. The van der Waals surface area contributed by atoms with Crippen molar-refractivity contribution in [2.45, 2.75) is 39.5 Å². The van der Waals surface area contributed by atoms with E-state index in [1.165, 1.54) is 0 Å². The molecular weight excluding hydrogens is 384 g/mol. The molecule has 0 aliphatic carbocycles. The van der Waals surface area contributed by atoms with E-state index in [1.807, 2.05) is 50.8 Å². The van der Waals surface area contributed by atoms with Crippen molar-refractivity contribution < 1.29 is 19.1 Å². The summed E-state index contributed by atoms with van der Waals surface area (Å²) >= 11 is 0. The second kappa shape index (κ2) is 9.55. The third kappa shape index (κ3) is 5.56. The highest BCUT2D eigenvalue weighted by Gasteiger charge is 2.37. The lowest BCUT2D eigenvalue weighted by Crippen LogP contribution is -2.65. The van der Waals surface area contributed by atoms with Gasteiger partial charge in [-0.25, -0.2) is 9.59 Å². The lowest BCUT2D eigenvalue weighted by atomic mass is 10.2. The van der Waals surface area contributed by atoms with E-state index in [-0.39, 0.29) is 18.4 Å². The molecule has 2 fully saturated rings. The fourth-order valence-corrected chi connectivity index (χ4v) is 3.90. The SMILES string of the molecule is CCOC(=O)N1CCN(c2ccccc2)CC1N1CCN(C(=O)OC(C)(C)C)CC1. The first-order valence-electron chi connectivity index (χ1n) is 10.7. The van der Waals surface area contributed by atoms with Gasteiger partial charge in [0, 0.05) is 45.0 Å². The molecule has 30 heavy (non-hydrogen) atoms. The van der Waals surface area contributed by atoms with E-state index in [0.29, 0.717) is 45.9 Å². The normalized spacial score (nSPS) is 20.8. The quantitative estimate of drug-likeness (QED) is 0.752. The van der Waals surface area contributed by atoms with Crippen LogP contribution in [-0.4, -0.2) is 91.1 Å². The van der Waals surface area contributed by atoms with Crippen LogP contribution in [-0.2, 0) is 9.47 Å². The van der Waals surface area contributed by atoms with E-state index >= 15 is 0 Å². The Morgan fingerprint density at radius 2 is 1.63 bits per heavy atom. The van der Waals surface area contributed by atoms with Gasteiger partial charge in [-0.15, -0.1) is 0 Å². The second-order valence-corrected chi connectivity index (χ2v) is 8.66. The smallest absolute Gasteiger partial charge is 0.411 e. The topological polar surface area (TPSA) is 65.6 Å². The molecule has 1 aromatic rings. The fourth-order valence-electron chi connectivity index (χ4n) is 3.90. The Balaban J connectivity index is 1.68. The van der Waals surface area contributed by atoms with E-state index in [9.17, 15) is 9.59 Å². The molecule has 0 N–H and O–H groups in total. The molecule has 1 aromatic carbocycles. The molecule has 0 spiro atoms. The molecule has 8 heteroatoms. The van der Waals surface area contributed by atoms with Crippen LogP contribution in [0.15, 0.2) is 30.3 Å². The van der Waals surface area contributed by atoms with Crippen molar-refractivity contribution in [3.63, 3.8) is 0 Å². The Labute approximate surface area is 179 Å². The maximum absolute atomic E-state index is 12.6. The number of nitrogens with zero attached hydrogens (tertiary/aromatic N) is 4. The standard InChI is InChI=1S/C22H34N4O4/c1-5-29-21(28)26-16-15-25(18-9-7-6-8-10-18)17-19(26)23-11-13-24(14-12-23)20(27)30-22(2,3)4/h6-10,19H,5,11-17H2,1-4H3. The van der Waals surface area contributed by atoms with Crippen molar-refractivity contribution in [3.8, 4) is 0 Å². The van der Waals surface area contributed by atoms with E-state index in [2.05, 4.69) is 21.9 Å². The zero-order valence-corrected chi connectivity index (χ0v) is 18.5. The summed E-state index contributed by atoms with van der Waals surface area (Å²) in [6, 6.07) is 10.3. The number of carbonyl (C=O) groups excluding carboxylic acids is 2. The molecule has 2 heterocycles. The van der Waals surface area contributed by atoms with Gasteiger partial charge in [-0.1, -0.05) is 18.2 Å². The molecule has 2 saturated heterocycles. The Morgan fingerprint density at radius 3 is 2.23 bits per heavy atom. The molecule has 0 bridgehead atoms. The van der Waals surface area contributed by atoms with Gasteiger partial charge in [0.1, 0.15) is 11.8 Å². The average Bonchev–Trinajstić information content (AvgIpc) is 2.73. The molecule has 2 amide bonds. The van der Waals surface area contributed by atoms with Crippen LogP contribution in [0.2, 0.25) is 0 Å². The average molecular weight is 419 g/mol. The number of rotatable bonds is 3. The number of hydrogen-bond acceptors (Lipinski definition) is 6. The van der Waals surface area contributed by atoms with Crippen LogP contribution in [0.25, 0.3) is 0 Å². The maximum atomic E-state index is 12.6. The minimum absolute atomic E-state index is 0.0983. The highest BCUT2D eigenvalue weighted by Crippen LogP contribution is 2.23. The Hall–Kier alpha value is -2.48. The van der Waals surface area contributed by atoms with Gasteiger partial charge in [0.15, 0.2) is 0 Å². The highest BCUT2D eigenvalue weighted by molar-refractivity contribution is 5.69. The molecule has 0 aromatic heterocycles. The van der Waals surface area contributed by atoms with E-state index in [1.54, 1.807) is 4.90 Å². The van der Waals surface area contributed by atoms with Crippen LogP contribution >= 0.6 is 0 Å². The summed E-state index contributed by atoms with van der Waals surface area (Å²) in [5.74, 6) is 0. The molecule has 8 nitrogen and oxygen atoms in total. The maximum Gasteiger partial charge on any atom is 0.411 e. The van der Waals surface area contributed by atoms with Crippen molar-refractivity contribution in [2.75, 3.05) is 57.3 Å². The van der Waals surface area contributed by atoms with Crippen LogP contribution in [0, 0.1) is 0 Å². The minimum atomic E-state index is -0.505. The van der Waals surface area contributed by atoms with E-state index < -0.39 is 5.60 Å². The molecule has 0 radical (unpaired) electrons. The first-order valence-corrected chi connectivity index (χ1v) is 10.7. The summed E-state index contributed by atoms with van der Waals surface area (Å²) in [5.41, 5.74) is 0.646. The predicted octanol–water partition coefficient (Wildman–Crippen LogP) is 2.84. The summed E-state index contributed by atoms with van der Waals surface area (Å²) in [5, 5.41) is 0. The number of ether oxygens (including phenoxy) is 2. The lowest BCUT2D eigenvalue weighted by molar-refractivity contribution is -0.0152. The molecule has 1 atom stereocenters. The van der Waals surface area contributed by atoms with Gasteiger partial charge in [-0.05, 0) is 39.8 Å². The number of piperazine rings is 2. The van der Waals surface area contributed by atoms with Gasteiger partial charge in [0.05, 0.1) is 13.2 Å². The Morgan fingerprint density at radius 1 is 0.967 bits per heavy atom. The molecule has 2 aliphatic rings. The largest absolute Gasteiger partial charge is 0.450 e. The van der Waals surface area contributed by atoms with E-state index in [4.69, 9.17) is 9.47 Å². The van der Waals surface area contributed by atoms with Crippen molar-refractivity contribution in [3.05, 3.63) is 30.3 Å². The molecule has 0 saturated carbocycles. The van der Waals surface area contributed by atoms with Crippen molar-refractivity contribution in [2.24, 2.45) is 0 Å². The van der Waals surface area contributed by atoms with Crippen LogP contribution in [0.3, 0.4) is 0 Å². The van der Waals surface area contributed by atoms with Crippen LogP contribution < -0.4 is 4.90 Å². The summed E-state index contributed by atoms with van der Waals surface area (Å²) in [7, 11) is 0. The van der Waals surface area contributed by atoms with Gasteiger partial charge in [-0.3, -0.25) is 9.80 Å². The molecule has 2 aliphatic heterocycles. The number of benzene rings is 1. The zero-order valence-electron chi connectivity index (χ0n) is 18.5. The number of para-hydroxylation sites is 1. The third-order valence-electron chi connectivity index (χ3n) is 5.37. The number of hydrogen-bond donors (Lipinski definition) is 0. The molecular formula is C22H34N4O4. The van der Waals surface area contributed by atoms with Gasteiger partial charge < -0.3 is 19.3 Å². The first kappa shape index (κ1) is 22.2. The van der Waals surface area contributed by atoms with Gasteiger partial charge in [0.2, 0.25) is 0 Å². The molecule has 166 valence electrons. The highest BCUT2D eigenvalue weighted by atomic mass is 16.6. The van der Waals surface area contributed by atoms with Gasteiger partial charge in [0.25, 0.3) is 0 Å². The molecule has 3 rings (SSSR count). The lowest BCUT2D eigenvalue weighted by Gasteiger charge is -2.48. The zero-order chi connectivity index (χ0) is 21.7. The second-order valence-electron chi connectivity index (χ2n) is 8.66.